The van der Waals surface area contributed by atoms with E-state index in [1.54, 1.807) is 4.90 Å². The Labute approximate surface area is 125 Å². The molecule has 0 bridgehead atoms. The van der Waals surface area contributed by atoms with Crippen LogP contribution in [0.1, 0.15) is 22.9 Å². The van der Waals surface area contributed by atoms with Gasteiger partial charge < -0.3 is 10.6 Å². The second kappa shape index (κ2) is 5.03. The van der Waals surface area contributed by atoms with Gasteiger partial charge in [0, 0.05) is 29.6 Å². The van der Waals surface area contributed by atoms with Gasteiger partial charge in [-0.25, -0.2) is 0 Å². The Morgan fingerprint density at radius 2 is 2.25 bits per heavy atom. The van der Waals surface area contributed by atoms with E-state index >= 15 is 0 Å². The summed E-state index contributed by atoms with van der Waals surface area (Å²) in [7, 11) is 0. The van der Waals surface area contributed by atoms with Crippen LogP contribution in [0.3, 0.4) is 0 Å². The summed E-state index contributed by atoms with van der Waals surface area (Å²) >= 11 is 7.46. The average Bonchev–Trinajstić information content (AvgIpc) is 2.99. The minimum absolute atomic E-state index is 0.0516. The molecule has 0 radical (unpaired) electrons. The summed E-state index contributed by atoms with van der Waals surface area (Å²) in [5, 5.41) is 9.77. The summed E-state index contributed by atoms with van der Waals surface area (Å²) in [6.07, 6.45) is 0.431. The molecule has 1 amide bonds. The molecule has 2 N–H and O–H groups in total. The van der Waals surface area contributed by atoms with Gasteiger partial charge in [0.1, 0.15) is 5.01 Å². The van der Waals surface area contributed by atoms with Crippen LogP contribution in [0.25, 0.3) is 0 Å². The van der Waals surface area contributed by atoms with Crippen molar-refractivity contribution in [2.45, 2.75) is 19.3 Å². The third-order valence-corrected chi connectivity index (χ3v) is 4.78. The fourth-order valence-electron chi connectivity index (χ4n) is 2.41. The van der Waals surface area contributed by atoms with Crippen molar-refractivity contribution in [1.29, 1.82) is 0 Å². The van der Waals surface area contributed by atoms with Crippen molar-refractivity contribution in [3.05, 3.63) is 33.8 Å². The molecule has 2 aromatic rings. The van der Waals surface area contributed by atoms with Crippen molar-refractivity contribution in [2.75, 3.05) is 17.2 Å². The van der Waals surface area contributed by atoms with Crippen molar-refractivity contribution in [3.8, 4) is 0 Å². The van der Waals surface area contributed by atoms with E-state index < -0.39 is 0 Å². The van der Waals surface area contributed by atoms with Gasteiger partial charge >= 0.3 is 0 Å². The maximum Gasteiger partial charge on any atom is 0.227 e. The highest BCUT2D eigenvalue weighted by atomic mass is 35.5. The molecule has 0 unspecified atom stereocenters. The molecule has 20 heavy (non-hydrogen) atoms. The fourth-order valence-corrected chi connectivity index (χ4v) is 3.28. The van der Waals surface area contributed by atoms with Crippen molar-refractivity contribution in [1.82, 2.24) is 10.2 Å². The number of nitrogens with two attached hydrogens (primary N) is 1. The van der Waals surface area contributed by atoms with Crippen molar-refractivity contribution < 1.29 is 4.79 Å². The highest BCUT2D eigenvalue weighted by Crippen LogP contribution is 2.36. The van der Waals surface area contributed by atoms with Gasteiger partial charge in [0.15, 0.2) is 0 Å². The molecular formula is C13H13ClN4OS. The van der Waals surface area contributed by atoms with Gasteiger partial charge in [-0.05, 0) is 24.6 Å². The quantitative estimate of drug-likeness (QED) is 0.925. The number of hydrogen-bond acceptors (Lipinski definition) is 5. The molecular weight excluding hydrogens is 296 g/mol. The smallest absolute Gasteiger partial charge is 0.227 e. The zero-order valence-electron chi connectivity index (χ0n) is 10.8. The van der Waals surface area contributed by atoms with E-state index in [4.69, 9.17) is 17.3 Å². The SMILES string of the molecule is Cc1c(Cl)cccc1N1C[C@H](c2nnc(N)s2)CC1=O. The van der Waals surface area contributed by atoms with Crippen LogP contribution in [0, 0.1) is 6.92 Å². The van der Waals surface area contributed by atoms with Crippen LogP contribution < -0.4 is 10.6 Å². The third kappa shape index (κ3) is 2.25. The van der Waals surface area contributed by atoms with E-state index in [0.717, 1.165) is 16.3 Å². The molecule has 2 heterocycles. The summed E-state index contributed by atoms with van der Waals surface area (Å²) in [6.45, 7) is 2.51. The standard InChI is InChI=1S/C13H13ClN4OS/c1-7-9(14)3-2-4-10(7)18-6-8(5-11(18)19)12-16-17-13(15)20-12/h2-4,8H,5-6H2,1H3,(H2,15,17)/t8-/m1/s1. The molecule has 0 spiro atoms. The number of anilines is 2. The number of aromatic nitrogens is 2. The second-order valence-electron chi connectivity index (χ2n) is 4.77. The minimum atomic E-state index is 0.0516. The predicted molar refractivity (Wildman–Crippen MR) is 80.2 cm³/mol. The average molecular weight is 309 g/mol. The van der Waals surface area contributed by atoms with Crippen molar-refractivity contribution >= 4 is 39.7 Å². The monoisotopic (exact) mass is 308 g/mol. The van der Waals surface area contributed by atoms with Crippen LogP contribution in [0.4, 0.5) is 10.8 Å². The molecule has 1 saturated heterocycles. The van der Waals surface area contributed by atoms with Crippen LogP contribution in [-0.4, -0.2) is 22.6 Å². The van der Waals surface area contributed by atoms with E-state index in [-0.39, 0.29) is 11.8 Å². The van der Waals surface area contributed by atoms with Crippen molar-refractivity contribution in [3.63, 3.8) is 0 Å². The highest BCUT2D eigenvalue weighted by Gasteiger charge is 2.34. The lowest BCUT2D eigenvalue weighted by atomic mass is 10.1. The fraction of sp³-hybridized carbons (Fsp3) is 0.308. The molecule has 0 saturated carbocycles. The Bertz CT molecular complexity index is 672. The molecule has 7 heteroatoms. The van der Waals surface area contributed by atoms with Gasteiger partial charge in [0.25, 0.3) is 0 Å². The zero-order chi connectivity index (χ0) is 14.3. The number of nitrogens with zero attached hydrogens (tertiary/aromatic N) is 3. The predicted octanol–water partition coefficient (Wildman–Crippen LogP) is 2.60. The van der Waals surface area contributed by atoms with Gasteiger partial charge in [0.05, 0.1) is 0 Å². The molecule has 1 aliphatic heterocycles. The highest BCUT2D eigenvalue weighted by molar-refractivity contribution is 7.15. The molecule has 1 aromatic carbocycles. The van der Waals surface area contributed by atoms with Gasteiger partial charge in [-0.1, -0.05) is 29.0 Å². The lowest BCUT2D eigenvalue weighted by molar-refractivity contribution is -0.117. The molecule has 1 fully saturated rings. The first-order valence-corrected chi connectivity index (χ1v) is 7.40. The van der Waals surface area contributed by atoms with Gasteiger partial charge in [-0.2, -0.15) is 0 Å². The molecule has 1 aromatic heterocycles. The van der Waals surface area contributed by atoms with Crippen LogP contribution in [0.15, 0.2) is 18.2 Å². The van der Waals surface area contributed by atoms with E-state index in [2.05, 4.69) is 10.2 Å². The number of hydrogen-bond donors (Lipinski definition) is 1. The third-order valence-electron chi connectivity index (χ3n) is 3.46. The lowest BCUT2D eigenvalue weighted by Crippen LogP contribution is -2.25. The minimum Gasteiger partial charge on any atom is -0.374 e. The topological polar surface area (TPSA) is 72.1 Å². The molecule has 5 nitrogen and oxygen atoms in total. The Morgan fingerprint density at radius 1 is 1.45 bits per heavy atom. The number of carbonyl (C=O) groups excluding carboxylic acids is 1. The van der Waals surface area contributed by atoms with E-state index in [0.29, 0.717) is 23.1 Å². The van der Waals surface area contributed by atoms with Crippen LogP contribution in [0.5, 0.6) is 0 Å². The zero-order valence-corrected chi connectivity index (χ0v) is 12.4. The van der Waals surface area contributed by atoms with Crippen LogP contribution in [0.2, 0.25) is 5.02 Å². The molecule has 104 valence electrons. The first kappa shape index (κ1) is 13.3. The number of nitrogen functional groups attached to an aromatic ring is 1. The normalized spacial score (nSPS) is 18.8. The molecule has 3 rings (SSSR count). The summed E-state index contributed by atoms with van der Waals surface area (Å²) in [4.78, 5) is 14.0. The first-order chi connectivity index (χ1) is 9.56. The Morgan fingerprint density at radius 3 is 2.95 bits per heavy atom. The number of rotatable bonds is 2. The number of amides is 1. The Kier molecular flexibility index (Phi) is 3.35. The summed E-state index contributed by atoms with van der Waals surface area (Å²) < 4.78 is 0. The maximum absolute atomic E-state index is 12.2. The Balaban J connectivity index is 1.89. The number of benzene rings is 1. The van der Waals surface area contributed by atoms with Crippen LogP contribution in [-0.2, 0) is 4.79 Å². The molecule has 0 aliphatic carbocycles. The molecule has 1 aliphatic rings. The number of halogens is 1. The lowest BCUT2D eigenvalue weighted by Gasteiger charge is -2.19. The van der Waals surface area contributed by atoms with Gasteiger partial charge in [-0.15, -0.1) is 10.2 Å². The number of carbonyl (C=O) groups is 1. The van der Waals surface area contributed by atoms with Crippen LogP contribution >= 0.6 is 22.9 Å². The second-order valence-corrected chi connectivity index (χ2v) is 6.22. The van der Waals surface area contributed by atoms with E-state index in [9.17, 15) is 4.79 Å². The van der Waals surface area contributed by atoms with Gasteiger partial charge in [-0.3, -0.25) is 4.79 Å². The first-order valence-electron chi connectivity index (χ1n) is 6.20. The van der Waals surface area contributed by atoms with Crippen molar-refractivity contribution in [2.24, 2.45) is 0 Å². The summed E-state index contributed by atoms with van der Waals surface area (Å²) in [5.41, 5.74) is 7.38. The largest absolute Gasteiger partial charge is 0.374 e. The summed E-state index contributed by atoms with van der Waals surface area (Å²) in [6, 6.07) is 5.59. The van der Waals surface area contributed by atoms with Gasteiger partial charge in [0.2, 0.25) is 11.0 Å². The summed E-state index contributed by atoms with van der Waals surface area (Å²) in [5.74, 6) is 0.129. The Hall–Kier alpha value is -1.66. The molecule has 1 atom stereocenters. The van der Waals surface area contributed by atoms with E-state index in [1.165, 1.54) is 11.3 Å². The van der Waals surface area contributed by atoms with E-state index in [1.807, 2.05) is 25.1 Å². The maximum atomic E-state index is 12.2.